The minimum absolute atomic E-state index is 0.00625. The van der Waals surface area contributed by atoms with Gasteiger partial charge in [-0.05, 0) is 64.3 Å². The van der Waals surface area contributed by atoms with Crippen molar-refractivity contribution in [3.05, 3.63) is 60.2 Å². The Kier molecular flexibility index (Phi) is 3.08. The molecule has 0 aliphatic rings. The third-order valence-corrected chi connectivity index (χ3v) is 5.44. The summed E-state index contributed by atoms with van der Waals surface area (Å²) in [7, 11) is -3.37. The maximum Gasteiger partial charge on any atom is 0.0176 e. The van der Waals surface area contributed by atoms with Crippen molar-refractivity contribution >= 4 is 52.3 Å². The molecule has 0 saturated carbocycles. The van der Waals surface area contributed by atoms with Crippen LogP contribution in [0.15, 0.2) is 54.6 Å². The molecule has 0 bridgehead atoms. The van der Waals surface area contributed by atoms with Crippen molar-refractivity contribution in [1.29, 1.82) is 0 Å². The SMILES string of the molecule is O=S([O-])(=S)CCc1ccc2ccc3cccc4ccc1c2c34. The van der Waals surface area contributed by atoms with E-state index in [2.05, 4.69) is 59.7 Å². The molecule has 0 heterocycles. The van der Waals surface area contributed by atoms with E-state index >= 15 is 0 Å². The van der Waals surface area contributed by atoms with Gasteiger partial charge in [0.05, 0.1) is 0 Å². The molecule has 0 spiro atoms. The Bertz CT molecular complexity index is 1080. The van der Waals surface area contributed by atoms with Gasteiger partial charge in [0.15, 0.2) is 0 Å². The van der Waals surface area contributed by atoms with E-state index in [9.17, 15) is 8.76 Å². The van der Waals surface area contributed by atoms with Crippen LogP contribution in [0.3, 0.4) is 0 Å². The van der Waals surface area contributed by atoms with Crippen LogP contribution in [0.25, 0.3) is 32.3 Å². The second kappa shape index (κ2) is 4.88. The summed E-state index contributed by atoms with van der Waals surface area (Å²) in [6.45, 7) is 0. The molecule has 0 radical (unpaired) electrons. The van der Waals surface area contributed by atoms with Crippen LogP contribution in [0, 0.1) is 0 Å². The summed E-state index contributed by atoms with van der Waals surface area (Å²) in [4.78, 5) is 0. The van der Waals surface area contributed by atoms with E-state index in [0.717, 1.165) is 10.9 Å². The van der Waals surface area contributed by atoms with Crippen LogP contribution in [0.5, 0.6) is 0 Å². The maximum atomic E-state index is 11.3. The highest BCUT2D eigenvalue weighted by Crippen LogP contribution is 2.35. The van der Waals surface area contributed by atoms with E-state index in [-0.39, 0.29) is 5.75 Å². The van der Waals surface area contributed by atoms with Crippen LogP contribution in [0.2, 0.25) is 0 Å². The molecule has 22 heavy (non-hydrogen) atoms. The average molecular weight is 325 g/mol. The zero-order valence-corrected chi connectivity index (χ0v) is 13.4. The molecular formula is C18H13O2S2-. The Hall–Kier alpha value is -1.75. The van der Waals surface area contributed by atoms with Gasteiger partial charge in [-0.3, -0.25) is 4.21 Å². The van der Waals surface area contributed by atoms with E-state index in [1.54, 1.807) is 0 Å². The van der Waals surface area contributed by atoms with Crippen molar-refractivity contribution in [3.8, 4) is 0 Å². The van der Waals surface area contributed by atoms with Gasteiger partial charge in [0.25, 0.3) is 0 Å². The Balaban J connectivity index is 2.04. The maximum absolute atomic E-state index is 11.3. The lowest BCUT2D eigenvalue weighted by Crippen LogP contribution is -2.06. The third-order valence-electron chi connectivity index (χ3n) is 4.24. The van der Waals surface area contributed by atoms with Crippen LogP contribution in [0.4, 0.5) is 0 Å². The predicted molar refractivity (Wildman–Crippen MR) is 95.0 cm³/mol. The van der Waals surface area contributed by atoms with Crippen molar-refractivity contribution in [1.82, 2.24) is 0 Å². The van der Waals surface area contributed by atoms with E-state index < -0.39 is 8.77 Å². The van der Waals surface area contributed by atoms with Gasteiger partial charge in [-0.15, -0.1) is 0 Å². The number of aryl methyl sites for hydroxylation is 1. The Labute approximate surface area is 133 Å². The average Bonchev–Trinajstić information content (AvgIpc) is 2.50. The fraction of sp³-hybridized carbons (Fsp3) is 0.111. The van der Waals surface area contributed by atoms with Gasteiger partial charge in [0.1, 0.15) is 0 Å². The molecule has 110 valence electrons. The summed E-state index contributed by atoms with van der Waals surface area (Å²) in [5, 5.41) is 7.20. The second-order valence-corrected chi connectivity index (χ2v) is 8.64. The summed E-state index contributed by atoms with van der Waals surface area (Å²) < 4.78 is 22.6. The highest BCUT2D eigenvalue weighted by Gasteiger charge is 2.10. The van der Waals surface area contributed by atoms with E-state index in [1.807, 2.05) is 6.07 Å². The lowest BCUT2D eigenvalue weighted by atomic mass is 9.91. The molecule has 0 aromatic heterocycles. The van der Waals surface area contributed by atoms with E-state index in [0.29, 0.717) is 6.42 Å². The van der Waals surface area contributed by atoms with Crippen molar-refractivity contribution < 1.29 is 8.76 Å². The van der Waals surface area contributed by atoms with Crippen LogP contribution < -0.4 is 0 Å². The largest absolute Gasteiger partial charge is 0.769 e. The molecule has 1 unspecified atom stereocenters. The first-order valence-electron chi connectivity index (χ1n) is 7.12. The van der Waals surface area contributed by atoms with Crippen LogP contribution in [-0.4, -0.2) is 14.5 Å². The number of hydrogen-bond donors (Lipinski definition) is 0. The van der Waals surface area contributed by atoms with Gasteiger partial charge in [-0.1, -0.05) is 54.6 Å². The van der Waals surface area contributed by atoms with Crippen LogP contribution >= 0.6 is 0 Å². The Morgan fingerprint density at radius 3 is 2.14 bits per heavy atom. The molecule has 4 aromatic carbocycles. The van der Waals surface area contributed by atoms with Gasteiger partial charge < -0.3 is 4.55 Å². The molecule has 1 atom stereocenters. The first-order valence-corrected chi connectivity index (χ1v) is 9.70. The molecule has 0 aliphatic carbocycles. The molecular weight excluding hydrogens is 312 g/mol. The summed E-state index contributed by atoms with van der Waals surface area (Å²) in [5.74, 6) is 0.00625. The Morgan fingerprint density at radius 2 is 1.45 bits per heavy atom. The van der Waals surface area contributed by atoms with Gasteiger partial charge in [-0.2, -0.15) is 0 Å². The van der Waals surface area contributed by atoms with Crippen LogP contribution in [-0.2, 0) is 26.4 Å². The molecule has 2 nitrogen and oxygen atoms in total. The van der Waals surface area contributed by atoms with Crippen molar-refractivity contribution in [2.45, 2.75) is 6.42 Å². The van der Waals surface area contributed by atoms with Gasteiger partial charge in [0, 0.05) is 5.75 Å². The molecule has 0 N–H and O–H groups in total. The molecule has 0 amide bonds. The summed E-state index contributed by atoms with van der Waals surface area (Å²) in [6, 6.07) is 18.8. The number of hydrogen-bond acceptors (Lipinski definition) is 3. The lowest BCUT2D eigenvalue weighted by Gasteiger charge is -2.15. The molecule has 0 fully saturated rings. The smallest absolute Gasteiger partial charge is 0.0176 e. The summed E-state index contributed by atoms with van der Waals surface area (Å²) in [5.41, 5.74) is 1.04. The fourth-order valence-corrected chi connectivity index (χ4v) is 3.97. The van der Waals surface area contributed by atoms with Crippen LogP contribution in [0.1, 0.15) is 5.56 Å². The first kappa shape index (κ1) is 13.9. The molecule has 4 aromatic rings. The minimum atomic E-state index is -3.37. The van der Waals surface area contributed by atoms with E-state index in [1.165, 1.54) is 26.9 Å². The van der Waals surface area contributed by atoms with Crippen molar-refractivity contribution in [2.75, 3.05) is 5.75 Å². The lowest BCUT2D eigenvalue weighted by molar-refractivity contribution is 0.534. The van der Waals surface area contributed by atoms with Gasteiger partial charge in [-0.25, -0.2) is 0 Å². The topological polar surface area (TPSA) is 40.1 Å². The summed E-state index contributed by atoms with van der Waals surface area (Å²) in [6.07, 6.45) is 0.458. The van der Waals surface area contributed by atoms with Crippen molar-refractivity contribution in [3.63, 3.8) is 0 Å². The highest BCUT2D eigenvalue weighted by atomic mass is 32.8. The second-order valence-electron chi connectivity index (χ2n) is 5.59. The molecule has 4 rings (SSSR count). The Morgan fingerprint density at radius 1 is 0.864 bits per heavy atom. The normalized spacial score (nSPS) is 14.8. The molecule has 4 heteroatoms. The predicted octanol–water partition coefficient (Wildman–Crippen LogP) is 4.00. The zero-order valence-electron chi connectivity index (χ0n) is 11.7. The quantitative estimate of drug-likeness (QED) is 0.535. The number of benzene rings is 4. The highest BCUT2D eigenvalue weighted by molar-refractivity contribution is 8.29. The number of rotatable bonds is 3. The third kappa shape index (κ3) is 2.24. The minimum Gasteiger partial charge on any atom is -0.769 e. The summed E-state index contributed by atoms with van der Waals surface area (Å²) >= 11 is 4.50. The monoisotopic (exact) mass is 325 g/mol. The standard InChI is InChI=1S/C18H14O2S2/c19-22(20,21)11-10-12-4-5-15-7-6-13-2-1-3-14-8-9-16(12)18(15)17(13)14/h1-9H,10-11H2,(H,19,20,21)/p-1. The van der Waals surface area contributed by atoms with Gasteiger partial charge in [0.2, 0.25) is 0 Å². The van der Waals surface area contributed by atoms with Gasteiger partial charge >= 0.3 is 0 Å². The molecule has 0 aliphatic heterocycles. The van der Waals surface area contributed by atoms with E-state index in [4.69, 9.17) is 0 Å². The first-order chi connectivity index (χ1) is 10.5. The fourth-order valence-electron chi connectivity index (χ4n) is 3.25. The zero-order chi connectivity index (χ0) is 15.3. The van der Waals surface area contributed by atoms with Crippen molar-refractivity contribution in [2.24, 2.45) is 0 Å². The molecule has 0 saturated heterocycles.